The number of benzene rings is 1. The van der Waals surface area contributed by atoms with Crippen LogP contribution in [0.5, 0.6) is 0 Å². The second-order valence-corrected chi connectivity index (χ2v) is 3.29. The Balaban J connectivity index is 2.68. The van der Waals surface area contributed by atoms with Gasteiger partial charge in [0.1, 0.15) is 0 Å². The first-order chi connectivity index (χ1) is 5.84. The van der Waals surface area contributed by atoms with Crippen LogP contribution in [0.1, 0.15) is 18.9 Å². The van der Waals surface area contributed by atoms with E-state index in [1.807, 2.05) is 18.3 Å². The van der Waals surface area contributed by atoms with Crippen molar-refractivity contribution >= 4 is 20.8 Å². The van der Waals surface area contributed by atoms with E-state index in [4.69, 9.17) is 0 Å². The van der Waals surface area contributed by atoms with Crippen molar-refractivity contribution in [1.29, 1.82) is 0 Å². The minimum Gasteiger partial charge on any atom is -0.293 e. The van der Waals surface area contributed by atoms with E-state index in [0.717, 1.165) is 13.0 Å². The highest BCUT2D eigenvalue weighted by atomic mass is 31.0. The SMILES string of the molecule is CCCN=Cc1ccccc1P. The van der Waals surface area contributed by atoms with E-state index in [1.54, 1.807) is 0 Å². The summed E-state index contributed by atoms with van der Waals surface area (Å²) in [7, 11) is 2.71. The summed E-state index contributed by atoms with van der Waals surface area (Å²) in [6.45, 7) is 3.04. The molecule has 64 valence electrons. The Kier molecular flexibility index (Phi) is 3.96. The summed E-state index contributed by atoms with van der Waals surface area (Å²) in [5, 5.41) is 1.21. The summed E-state index contributed by atoms with van der Waals surface area (Å²) in [6.07, 6.45) is 3.04. The van der Waals surface area contributed by atoms with Gasteiger partial charge in [0.2, 0.25) is 0 Å². The molecule has 0 aromatic heterocycles. The maximum Gasteiger partial charge on any atom is 0.0386 e. The number of nitrogens with zero attached hydrogens (tertiary/aromatic N) is 1. The Morgan fingerprint density at radius 3 is 2.83 bits per heavy atom. The van der Waals surface area contributed by atoms with Crippen LogP contribution in [0.2, 0.25) is 0 Å². The third-order valence-electron chi connectivity index (χ3n) is 1.58. The van der Waals surface area contributed by atoms with Gasteiger partial charge in [-0.25, -0.2) is 0 Å². The number of hydrogen-bond donors (Lipinski definition) is 0. The molecule has 0 saturated heterocycles. The highest BCUT2D eigenvalue weighted by Gasteiger charge is 1.90. The van der Waals surface area contributed by atoms with Gasteiger partial charge in [-0.2, -0.15) is 0 Å². The van der Waals surface area contributed by atoms with Crippen LogP contribution in [-0.4, -0.2) is 12.8 Å². The van der Waals surface area contributed by atoms with E-state index in [2.05, 4.69) is 33.3 Å². The molecule has 0 saturated carbocycles. The van der Waals surface area contributed by atoms with Gasteiger partial charge in [0.05, 0.1) is 0 Å². The molecule has 0 aliphatic rings. The van der Waals surface area contributed by atoms with Crippen molar-refractivity contribution in [3.8, 4) is 0 Å². The molecule has 1 aromatic rings. The van der Waals surface area contributed by atoms with Crippen LogP contribution in [-0.2, 0) is 0 Å². The second-order valence-electron chi connectivity index (χ2n) is 2.66. The predicted molar refractivity (Wildman–Crippen MR) is 58.5 cm³/mol. The predicted octanol–water partition coefficient (Wildman–Crippen LogP) is 2.02. The van der Waals surface area contributed by atoms with Crippen molar-refractivity contribution in [3.63, 3.8) is 0 Å². The van der Waals surface area contributed by atoms with Crippen molar-refractivity contribution in [3.05, 3.63) is 29.8 Å². The fraction of sp³-hybridized carbons (Fsp3) is 0.300. The van der Waals surface area contributed by atoms with E-state index in [9.17, 15) is 0 Å². The van der Waals surface area contributed by atoms with Gasteiger partial charge in [-0.05, 0) is 17.3 Å². The van der Waals surface area contributed by atoms with E-state index < -0.39 is 0 Å². The molecule has 1 rings (SSSR count). The number of rotatable bonds is 3. The summed E-state index contributed by atoms with van der Waals surface area (Å²) in [4.78, 5) is 4.28. The molecule has 0 bridgehead atoms. The molecule has 1 atom stereocenters. The molecule has 1 nitrogen and oxygen atoms in total. The van der Waals surface area contributed by atoms with Crippen molar-refractivity contribution in [1.82, 2.24) is 0 Å². The molecule has 0 amide bonds. The first kappa shape index (κ1) is 9.41. The molecular weight excluding hydrogens is 165 g/mol. The summed E-state index contributed by atoms with van der Waals surface area (Å²) < 4.78 is 0. The van der Waals surface area contributed by atoms with Crippen LogP contribution in [0.25, 0.3) is 0 Å². The Morgan fingerprint density at radius 2 is 2.17 bits per heavy atom. The number of aliphatic imine (C=N–C) groups is 1. The first-order valence-electron chi connectivity index (χ1n) is 4.19. The van der Waals surface area contributed by atoms with Crippen molar-refractivity contribution in [2.24, 2.45) is 4.99 Å². The summed E-state index contributed by atoms with van der Waals surface area (Å²) in [5.41, 5.74) is 1.19. The van der Waals surface area contributed by atoms with Crippen molar-refractivity contribution in [2.75, 3.05) is 6.54 Å². The summed E-state index contributed by atoms with van der Waals surface area (Å²) >= 11 is 0. The molecule has 0 aliphatic heterocycles. The van der Waals surface area contributed by atoms with Crippen LogP contribution in [0.4, 0.5) is 0 Å². The lowest BCUT2D eigenvalue weighted by atomic mass is 10.2. The maximum atomic E-state index is 4.28. The van der Waals surface area contributed by atoms with Gasteiger partial charge in [0.25, 0.3) is 0 Å². The first-order valence-corrected chi connectivity index (χ1v) is 4.76. The van der Waals surface area contributed by atoms with Gasteiger partial charge in [0.15, 0.2) is 0 Å². The molecule has 1 unspecified atom stereocenters. The Morgan fingerprint density at radius 1 is 1.42 bits per heavy atom. The van der Waals surface area contributed by atoms with Crippen LogP contribution in [0.3, 0.4) is 0 Å². The smallest absolute Gasteiger partial charge is 0.0386 e. The standard InChI is InChI=1S/C10H14NP/c1-2-7-11-8-9-5-3-4-6-10(9)12/h3-6,8H,2,7,12H2,1H3. The number of hydrogen-bond acceptors (Lipinski definition) is 1. The largest absolute Gasteiger partial charge is 0.293 e. The third-order valence-corrected chi connectivity index (χ3v) is 2.10. The zero-order valence-electron chi connectivity index (χ0n) is 7.33. The fourth-order valence-electron chi connectivity index (χ4n) is 0.920. The minimum absolute atomic E-state index is 0.916. The van der Waals surface area contributed by atoms with Crippen LogP contribution in [0.15, 0.2) is 29.3 Å². The highest BCUT2D eigenvalue weighted by molar-refractivity contribution is 7.27. The van der Waals surface area contributed by atoms with Crippen LogP contribution in [0, 0.1) is 0 Å². The molecule has 0 spiro atoms. The molecule has 0 N–H and O–H groups in total. The zero-order chi connectivity index (χ0) is 8.81. The Bertz CT molecular complexity index is 268. The molecule has 0 aliphatic carbocycles. The van der Waals surface area contributed by atoms with E-state index in [-0.39, 0.29) is 0 Å². The van der Waals surface area contributed by atoms with E-state index in [1.165, 1.54) is 10.9 Å². The summed E-state index contributed by atoms with van der Waals surface area (Å²) in [6, 6.07) is 8.19. The van der Waals surface area contributed by atoms with Gasteiger partial charge in [-0.15, -0.1) is 9.24 Å². The van der Waals surface area contributed by atoms with Gasteiger partial charge in [-0.1, -0.05) is 31.2 Å². The molecule has 0 radical (unpaired) electrons. The van der Waals surface area contributed by atoms with Crippen LogP contribution < -0.4 is 5.30 Å². The lowest BCUT2D eigenvalue weighted by Gasteiger charge is -1.96. The van der Waals surface area contributed by atoms with Gasteiger partial charge < -0.3 is 0 Å². The Hall–Kier alpha value is -0.680. The van der Waals surface area contributed by atoms with Gasteiger partial charge in [-0.3, -0.25) is 4.99 Å². The lowest BCUT2D eigenvalue weighted by Crippen LogP contribution is -1.99. The molecule has 12 heavy (non-hydrogen) atoms. The highest BCUT2D eigenvalue weighted by Crippen LogP contribution is 1.97. The molecule has 1 aromatic carbocycles. The third kappa shape index (κ3) is 2.75. The fourth-order valence-corrected chi connectivity index (χ4v) is 1.20. The molecule has 0 heterocycles. The lowest BCUT2D eigenvalue weighted by molar-refractivity contribution is 0.937. The zero-order valence-corrected chi connectivity index (χ0v) is 8.48. The quantitative estimate of drug-likeness (QED) is 0.497. The van der Waals surface area contributed by atoms with Crippen molar-refractivity contribution < 1.29 is 0 Å². The maximum absolute atomic E-state index is 4.28. The van der Waals surface area contributed by atoms with Gasteiger partial charge >= 0.3 is 0 Å². The normalized spacial score (nSPS) is 10.8. The van der Waals surface area contributed by atoms with E-state index >= 15 is 0 Å². The second kappa shape index (κ2) is 5.05. The molecular formula is C10H14NP. The van der Waals surface area contributed by atoms with E-state index in [0.29, 0.717) is 0 Å². The van der Waals surface area contributed by atoms with Crippen LogP contribution >= 0.6 is 9.24 Å². The topological polar surface area (TPSA) is 12.4 Å². The average Bonchev–Trinajstić information content (AvgIpc) is 2.09. The summed E-state index contributed by atoms with van der Waals surface area (Å²) in [5.74, 6) is 0. The monoisotopic (exact) mass is 179 g/mol. The molecule has 2 heteroatoms. The van der Waals surface area contributed by atoms with Crippen molar-refractivity contribution in [2.45, 2.75) is 13.3 Å². The van der Waals surface area contributed by atoms with Gasteiger partial charge in [0, 0.05) is 12.8 Å². The average molecular weight is 179 g/mol. The minimum atomic E-state index is 0.916. The molecule has 0 fully saturated rings. The Labute approximate surface area is 76.1 Å².